The molecule has 146 valence electrons. The molecule has 0 amide bonds. The lowest BCUT2D eigenvalue weighted by atomic mass is 9.45. The first-order chi connectivity index (χ1) is 13.0. The van der Waals surface area contributed by atoms with E-state index in [0.29, 0.717) is 17.6 Å². The molecule has 3 fully saturated rings. The fraction of sp³-hybridized carbons (Fsp3) is 0.739. The molecule has 1 spiro atoms. The number of likely N-dealkylation sites (tertiary alicyclic amines) is 1. The van der Waals surface area contributed by atoms with Crippen LogP contribution in [0.1, 0.15) is 57.1 Å². The fourth-order valence-electron chi connectivity index (χ4n) is 7.44. The molecule has 2 N–H and O–H groups in total. The van der Waals surface area contributed by atoms with E-state index in [-0.39, 0.29) is 23.3 Å². The summed E-state index contributed by atoms with van der Waals surface area (Å²) in [6, 6.07) is 4.00. The lowest BCUT2D eigenvalue weighted by molar-refractivity contribution is -0.210. The number of ether oxygens (including phenoxy) is 1. The number of hydrogen-bond donors (Lipinski definition) is 2. The van der Waals surface area contributed by atoms with Crippen molar-refractivity contribution in [2.75, 3.05) is 13.1 Å². The average molecular weight is 370 g/mol. The van der Waals surface area contributed by atoms with Crippen LogP contribution in [-0.4, -0.2) is 45.9 Å². The Bertz CT molecular complexity index is 805. The molecule has 2 saturated carbocycles. The molecule has 2 unspecified atom stereocenters. The number of aromatic hydroxyl groups is 1. The van der Waals surface area contributed by atoms with E-state index in [1.54, 1.807) is 6.07 Å². The summed E-state index contributed by atoms with van der Waals surface area (Å²) in [6.07, 6.45) is 6.53. The van der Waals surface area contributed by atoms with Crippen LogP contribution >= 0.6 is 0 Å². The third-order valence-corrected chi connectivity index (χ3v) is 8.82. The number of phenolic OH excluding ortho intramolecular Hbond substituents is 1. The predicted molar refractivity (Wildman–Crippen MR) is 103 cm³/mol. The van der Waals surface area contributed by atoms with Crippen LogP contribution in [0, 0.1) is 17.8 Å². The zero-order valence-corrected chi connectivity index (χ0v) is 16.4. The van der Waals surface area contributed by atoms with Gasteiger partial charge in [-0.2, -0.15) is 0 Å². The highest BCUT2D eigenvalue weighted by Crippen LogP contribution is 2.67. The van der Waals surface area contributed by atoms with Crippen LogP contribution < -0.4 is 4.74 Å². The van der Waals surface area contributed by atoms with Gasteiger partial charge in [0.2, 0.25) is 0 Å². The lowest BCUT2D eigenvalue weighted by Gasteiger charge is -2.65. The van der Waals surface area contributed by atoms with Crippen LogP contribution in [-0.2, 0) is 11.8 Å². The van der Waals surface area contributed by atoms with E-state index in [0.717, 1.165) is 50.3 Å². The molecule has 2 heterocycles. The fourth-order valence-corrected chi connectivity index (χ4v) is 7.44. The first-order valence-electron chi connectivity index (χ1n) is 10.9. The first kappa shape index (κ1) is 16.7. The Morgan fingerprint density at radius 2 is 2.04 bits per heavy atom. The van der Waals surface area contributed by atoms with Crippen molar-refractivity contribution < 1.29 is 14.9 Å². The largest absolute Gasteiger partial charge is 0.504 e. The SMILES string of the molecule is C[C@H]1Cc2ccc(O)c3c2[C@]24C1CN(CC1CC1)[C@H](C)C2(O)CCC[C@@H]4O3. The molecule has 4 nitrogen and oxygen atoms in total. The summed E-state index contributed by atoms with van der Waals surface area (Å²) in [5.74, 6) is 2.66. The van der Waals surface area contributed by atoms with Crippen LogP contribution in [0.2, 0.25) is 0 Å². The Hall–Kier alpha value is -1.26. The minimum atomic E-state index is -0.782. The van der Waals surface area contributed by atoms with Gasteiger partial charge in [0.25, 0.3) is 0 Å². The molecule has 1 aromatic rings. The summed E-state index contributed by atoms with van der Waals surface area (Å²) in [7, 11) is 0. The highest BCUT2D eigenvalue weighted by atomic mass is 16.5. The summed E-state index contributed by atoms with van der Waals surface area (Å²) >= 11 is 0. The van der Waals surface area contributed by atoms with Gasteiger partial charge >= 0.3 is 0 Å². The molecule has 27 heavy (non-hydrogen) atoms. The van der Waals surface area contributed by atoms with Crippen LogP contribution in [0.15, 0.2) is 12.1 Å². The highest BCUT2D eigenvalue weighted by Gasteiger charge is 2.73. The summed E-state index contributed by atoms with van der Waals surface area (Å²) < 4.78 is 6.46. The maximum absolute atomic E-state index is 12.4. The zero-order valence-electron chi connectivity index (χ0n) is 16.4. The topological polar surface area (TPSA) is 52.9 Å². The van der Waals surface area contributed by atoms with Gasteiger partial charge in [-0.3, -0.25) is 4.90 Å². The molecule has 6 atom stereocenters. The minimum absolute atomic E-state index is 0.00317. The molecular weight excluding hydrogens is 338 g/mol. The number of benzene rings is 1. The molecule has 0 aromatic heterocycles. The number of hydrogen-bond acceptors (Lipinski definition) is 4. The van der Waals surface area contributed by atoms with Gasteiger partial charge in [-0.1, -0.05) is 13.0 Å². The normalized spacial score (nSPS) is 45.1. The van der Waals surface area contributed by atoms with Gasteiger partial charge < -0.3 is 14.9 Å². The number of aliphatic hydroxyl groups is 1. The van der Waals surface area contributed by atoms with E-state index in [9.17, 15) is 10.2 Å². The van der Waals surface area contributed by atoms with Crippen LogP contribution in [0.5, 0.6) is 11.5 Å². The van der Waals surface area contributed by atoms with Gasteiger partial charge in [0, 0.05) is 24.7 Å². The number of nitrogens with zero attached hydrogens (tertiary/aromatic N) is 1. The Morgan fingerprint density at radius 1 is 1.22 bits per heavy atom. The van der Waals surface area contributed by atoms with Crippen molar-refractivity contribution in [2.24, 2.45) is 17.8 Å². The second kappa shape index (κ2) is 5.21. The second-order valence-corrected chi connectivity index (χ2v) is 10.1. The molecule has 3 aliphatic carbocycles. The Kier molecular flexibility index (Phi) is 3.22. The summed E-state index contributed by atoms with van der Waals surface area (Å²) in [6.45, 7) is 6.80. The quantitative estimate of drug-likeness (QED) is 0.840. The second-order valence-electron chi connectivity index (χ2n) is 10.1. The lowest BCUT2D eigenvalue weighted by Crippen LogP contribution is -2.77. The standard InChI is InChI=1S/C23H31NO3/c1-13-10-16-7-8-18(25)21-20(16)23-17(13)12-24(11-15-5-6-15)14(2)22(23,26)9-3-4-19(23)27-21/h7-8,13-15,17,19,25-26H,3-6,9-12H2,1-2H3/t13-,14+,17?,19-,22?,23+/m0/s1. The molecule has 4 heteroatoms. The van der Waals surface area contributed by atoms with Crippen molar-refractivity contribution in [2.45, 2.75) is 75.5 Å². The molecule has 0 bridgehead atoms. The van der Waals surface area contributed by atoms with E-state index in [1.807, 2.05) is 0 Å². The average Bonchev–Trinajstić information content (AvgIpc) is 3.38. The van der Waals surface area contributed by atoms with Gasteiger partial charge in [-0.25, -0.2) is 0 Å². The zero-order chi connectivity index (χ0) is 18.6. The molecule has 0 radical (unpaired) electrons. The van der Waals surface area contributed by atoms with E-state index in [4.69, 9.17) is 4.74 Å². The van der Waals surface area contributed by atoms with Crippen molar-refractivity contribution in [3.05, 3.63) is 23.3 Å². The molecule has 2 aliphatic heterocycles. The van der Waals surface area contributed by atoms with Crippen molar-refractivity contribution in [1.29, 1.82) is 0 Å². The van der Waals surface area contributed by atoms with E-state index < -0.39 is 5.60 Å². The Morgan fingerprint density at radius 3 is 2.81 bits per heavy atom. The summed E-state index contributed by atoms with van der Waals surface area (Å²) in [4.78, 5) is 2.60. The maximum atomic E-state index is 12.4. The third kappa shape index (κ3) is 1.87. The summed E-state index contributed by atoms with van der Waals surface area (Å²) in [5, 5.41) is 23.0. The number of rotatable bonds is 2. The molecule has 1 saturated heterocycles. The predicted octanol–water partition coefficient (Wildman–Crippen LogP) is 3.23. The smallest absolute Gasteiger partial charge is 0.165 e. The van der Waals surface area contributed by atoms with Crippen LogP contribution in [0.4, 0.5) is 0 Å². The Balaban J connectivity index is 1.58. The van der Waals surface area contributed by atoms with Crippen molar-refractivity contribution in [3.8, 4) is 11.5 Å². The molecule has 6 rings (SSSR count). The third-order valence-electron chi connectivity index (χ3n) is 8.82. The van der Waals surface area contributed by atoms with Crippen molar-refractivity contribution >= 4 is 0 Å². The maximum Gasteiger partial charge on any atom is 0.165 e. The summed E-state index contributed by atoms with van der Waals surface area (Å²) in [5.41, 5.74) is 1.31. The van der Waals surface area contributed by atoms with Crippen LogP contribution in [0.3, 0.4) is 0 Å². The number of piperidine rings is 1. The van der Waals surface area contributed by atoms with Crippen molar-refractivity contribution in [1.82, 2.24) is 4.90 Å². The van der Waals surface area contributed by atoms with E-state index in [2.05, 4.69) is 24.8 Å². The van der Waals surface area contributed by atoms with Gasteiger partial charge in [0.15, 0.2) is 11.5 Å². The van der Waals surface area contributed by atoms with E-state index in [1.165, 1.54) is 18.4 Å². The van der Waals surface area contributed by atoms with E-state index >= 15 is 0 Å². The van der Waals surface area contributed by atoms with Gasteiger partial charge in [-0.05, 0) is 74.8 Å². The highest BCUT2D eigenvalue weighted by molar-refractivity contribution is 5.62. The molecular formula is C23H31NO3. The van der Waals surface area contributed by atoms with Crippen molar-refractivity contribution in [3.63, 3.8) is 0 Å². The number of phenols is 1. The molecule has 1 aromatic carbocycles. The Labute approximate surface area is 161 Å². The van der Waals surface area contributed by atoms with Gasteiger partial charge in [0.05, 0.1) is 11.0 Å². The monoisotopic (exact) mass is 369 g/mol. The van der Waals surface area contributed by atoms with Gasteiger partial charge in [0.1, 0.15) is 6.10 Å². The molecule has 5 aliphatic rings. The van der Waals surface area contributed by atoms with Crippen LogP contribution in [0.25, 0.3) is 0 Å². The minimum Gasteiger partial charge on any atom is -0.504 e. The van der Waals surface area contributed by atoms with Gasteiger partial charge in [-0.15, -0.1) is 0 Å². The first-order valence-corrected chi connectivity index (χ1v) is 10.9.